The summed E-state index contributed by atoms with van der Waals surface area (Å²) in [5.74, 6) is -0.317. The minimum absolute atomic E-state index is 0.0717. The van der Waals surface area contributed by atoms with Crippen LogP contribution in [0.1, 0.15) is 59.3 Å². The molecule has 174 valence electrons. The highest BCUT2D eigenvalue weighted by molar-refractivity contribution is 6.00. The fourth-order valence-electron chi connectivity index (χ4n) is 5.38. The Hall–Kier alpha value is -3.37. The highest BCUT2D eigenvalue weighted by Crippen LogP contribution is 2.40. The number of rotatable bonds is 8. The maximum Gasteiger partial charge on any atom is 0.355 e. The molecule has 4 nitrogen and oxygen atoms in total. The zero-order chi connectivity index (χ0) is 23.3. The fraction of sp³-hybridized carbons (Fsp3) is 0.300. The van der Waals surface area contributed by atoms with Gasteiger partial charge in [0.1, 0.15) is 5.69 Å². The number of hydrogen-bond donors (Lipinski definition) is 1. The van der Waals surface area contributed by atoms with Gasteiger partial charge in [0.25, 0.3) is 0 Å². The fourth-order valence-corrected chi connectivity index (χ4v) is 5.38. The van der Waals surface area contributed by atoms with Crippen LogP contribution >= 0.6 is 0 Å². The monoisotopic (exact) mass is 452 g/mol. The Bertz CT molecular complexity index is 1200. The number of nitrogens with one attached hydrogen (secondary N) is 1. The predicted molar refractivity (Wildman–Crippen MR) is 137 cm³/mol. The molecule has 4 aromatic rings. The highest BCUT2D eigenvalue weighted by Gasteiger charge is 2.31. The van der Waals surface area contributed by atoms with E-state index in [-0.39, 0.29) is 11.9 Å². The number of carbonyl (C=O) groups excluding carboxylic acids is 1. The normalized spacial score (nSPS) is 15.8. The van der Waals surface area contributed by atoms with Gasteiger partial charge in [0.05, 0.1) is 6.61 Å². The quantitative estimate of drug-likeness (QED) is 0.327. The first kappa shape index (κ1) is 22.4. The SMILES string of the molecule is CCOC(=O)c1c(C(c2ccccc2)c2ccccc2)c2ccccc2n1CCC1CCCN1. The number of benzene rings is 3. The molecule has 0 bridgehead atoms. The lowest BCUT2D eigenvalue weighted by atomic mass is 9.83. The molecule has 1 fully saturated rings. The number of esters is 1. The van der Waals surface area contributed by atoms with Gasteiger partial charge in [-0.2, -0.15) is 0 Å². The molecular weight excluding hydrogens is 420 g/mol. The summed E-state index contributed by atoms with van der Waals surface area (Å²) in [4.78, 5) is 13.6. The summed E-state index contributed by atoms with van der Waals surface area (Å²) in [5.41, 5.74) is 5.14. The minimum Gasteiger partial charge on any atom is -0.461 e. The molecule has 2 heterocycles. The third-order valence-corrected chi connectivity index (χ3v) is 6.90. The molecule has 34 heavy (non-hydrogen) atoms. The molecule has 0 aliphatic carbocycles. The molecule has 1 aliphatic heterocycles. The number of carbonyl (C=O) groups is 1. The standard InChI is InChI=1S/C30H32N2O2/c1-2-34-30(33)29-28(27(22-12-5-3-6-13-22)23-14-7-4-8-15-23)25-17-9-10-18-26(25)32(29)21-19-24-16-11-20-31-24/h3-10,12-15,17-18,24,27,31H,2,11,16,19-21H2,1H3. The summed E-state index contributed by atoms with van der Waals surface area (Å²) in [5, 5.41) is 4.71. The maximum atomic E-state index is 13.6. The van der Waals surface area contributed by atoms with Crippen molar-refractivity contribution in [2.45, 2.75) is 44.7 Å². The van der Waals surface area contributed by atoms with Crippen molar-refractivity contribution in [1.29, 1.82) is 0 Å². The Labute approximate surface area is 201 Å². The number of nitrogens with zero attached hydrogens (tertiary/aromatic N) is 1. The largest absolute Gasteiger partial charge is 0.461 e. The smallest absolute Gasteiger partial charge is 0.355 e. The average molecular weight is 453 g/mol. The van der Waals surface area contributed by atoms with E-state index in [1.807, 2.05) is 19.1 Å². The van der Waals surface area contributed by atoms with Gasteiger partial charge in [0.2, 0.25) is 0 Å². The third-order valence-electron chi connectivity index (χ3n) is 6.90. The van der Waals surface area contributed by atoms with Crippen LogP contribution < -0.4 is 5.32 Å². The molecule has 1 saturated heterocycles. The van der Waals surface area contributed by atoms with Gasteiger partial charge in [-0.05, 0) is 49.9 Å². The Kier molecular flexibility index (Phi) is 6.77. The van der Waals surface area contributed by atoms with E-state index < -0.39 is 0 Å². The first-order valence-electron chi connectivity index (χ1n) is 12.4. The van der Waals surface area contributed by atoms with E-state index in [4.69, 9.17) is 4.74 Å². The molecule has 5 rings (SSSR count). The van der Waals surface area contributed by atoms with E-state index >= 15 is 0 Å². The van der Waals surface area contributed by atoms with E-state index in [0.29, 0.717) is 18.3 Å². The van der Waals surface area contributed by atoms with Gasteiger partial charge in [0.15, 0.2) is 0 Å². The van der Waals surface area contributed by atoms with E-state index in [1.54, 1.807) is 0 Å². The summed E-state index contributed by atoms with van der Waals surface area (Å²) in [6, 6.07) is 29.9. The van der Waals surface area contributed by atoms with Crippen molar-refractivity contribution >= 4 is 16.9 Å². The summed E-state index contributed by atoms with van der Waals surface area (Å²) < 4.78 is 7.87. The number of aromatic nitrogens is 1. The molecule has 0 amide bonds. The lowest BCUT2D eigenvalue weighted by Crippen LogP contribution is -2.24. The Morgan fingerprint density at radius 2 is 1.62 bits per heavy atom. The van der Waals surface area contributed by atoms with Gasteiger partial charge in [-0.15, -0.1) is 0 Å². The maximum absolute atomic E-state index is 13.6. The van der Waals surface area contributed by atoms with Crippen LogP contribution in [0.4, 0.5) is 0 Å². The van der Waals surface area contributed by atoms with E-state index in [9.17, 15) is 4.79 Å². The van der Waals surface area contributed by atoms with Crippen molar-refractivity contribution < 1.29 is 9.53 Å². The van der Waals surface area contributed by atoms with Crippen LogP contribution in [0.25, 0.3) is 10.9 Å². The van der Waals surface area contributed by atoms with Gasteiger partial charge in [-0.1, -0.05) is 78.9 Å². The number of hydrogen-bond acceptors (Lipinski definition) is 3. The lowest BCUT2D eigenvalue weighted by molar-refractivity contribution is 0.0512. The van der Waals surface area contributed by atoms with E-state index in [2.05, 4.69) is 82.7 Å². The van der Waals surface area contributed by atoms with Gasteiger partial charge < -0.3 is 14.6 Å². The number of fused-ring (bicyclic) bond motifs is 1. The Balaban J connectivity index is 1.74. The summed E-state index contributed by atoms with van der Waals surface area (Å²) in [6.07, 6.45) is 3.40. The second kappa shape index (κ2) is 10.3. The predicted octanol–water partition coefficient (Wildman–Crippen LogP) is 6.14. The van der Waals surface area contributed by atoms with Crippen molar-refractivity contribution in [3.05, 3.63) is 107 Å². The van der Waals surface area contributed by atoms with Crippen LogP contribution in [0.15, 0.2) is 84.9 Å². The topological polar surface area (TPSA) is 43.3 Å². The van der Waals surface area contributed by atoms with Gasteiger partial charge >= 0.3 is 5.97 Å². The van der Waals surface area contributed by atoms with Gasteiger partial charge in [-0.25, -0.2) is 4.79 Å². The van der Waals surface area contributed by atoms with Crippen LogP contribution in [0.2, 0.25) is 0 Å². The van der Waals surface area contributed by atoms with Crippen molar-refractivity contribution in [3.8, 4) is 0 Å². The zero-order valence-electron chi connectivity index (χ0n) is 19.7. The summed E-state index contributed by atoms with van der Waals surface area (Å²) in [6.45, 7) is 4.09. The first-order chi connectivity index (χ1) is 16.8. The third kappa shape index (κ3) is 4.38. The molecule has 0 radical (unpaired) electrons. The van der Waals surface area contributed by atoms with Crippen LogP contribution in [0.5, 0.6) is 0 Å². The number of ether oxygens (including phenoxy) is 1. The minimum atomic E-state index is -0.245. The van der Waals surface area contributed by atoms with Crippen molar-refractivity contribution in [2.75, 3.05) is 13.2 Å². The van der Waals surface area contributed by atoms with Crippen LogP contribution in [-0.2, 0) is 11.3 Å². The molecular formula is C30H32N2O2. The van der Waals surface area contributed by atoms with Crippen LogP contribution in [0.3, 0.4) is 0 Å². The summed E-state index contributed by atoms with van der Waals surface area (Å²) >= 11 is 0. The molecule has 1 atom stereocenters. The summed E-state index contributed by atoms with van der Waals surface area (Å²) in [7, 11) is 0. The number of aryl methyl sites for hydroxylation is 1. The Morgan fingerprint density at radius 1 is 0.971 bits per heavy atom. The first-order valence-corrected chi connectivity index (χ1v) is 12.4. The lowest BCUT2D eigenvalue weighted by Gasteiger charge is -2.21. The van der Waals surface area contributed by atoms with Gasteiger partial charge in [-0.3, -0.25) is 0 Å². The van der Waals surface area contributed by atoms with Crippen molar-refractivity contribution in [1.82, 2.24) is 9.88 Å². The average Bonchev–Trinajstić information content (AvgIpc) is 3.51. The molecule has 4 heteroatoms. The van der Waals surface area contributed by atoms with Crippen LogP contribution in [-0.4, -0.2) is 29.7 Å². The van der Waals surface area contributed by atoms with Crippen LogP contribution in [0, 0.1) is 0 Å². The molecule has 1 aromatic heterocycles. The zero-order valence-corrected chi connectivity index (χ0v) is 19.7. The molecule has 0 saturated carbocycles. The molecule has 1 unspecified atom stereocenters. The molecule has 1 N–H and O–H groups in total. The van der Waals surface area contributed by atoms with E-state index in [0.717, 1.165) is 36.0 Å². The second-order valence-corrected chi connectivity index (χ2v) is 8.99. The molecule has 1 aliphatic rings. The molecule has 3 aromatic carbocycles. The highest BCUT2D eigenvalue weighted by atomic mass is 16.5. The van der Waals surface area contributed by atoms with Crippen molar-refractivity contribution in [3.63, 3.8) is 0 Å². The second-order valence-electron chi connectivity index (χ2n) is 8.99. The Morgan fingerprint density at radius 3 is 2.24 bits per heavy atom. The van der Waals surface area contributed by atoms with Crippen molar-refractivity contribution in [2.24, 2.45) is 0 Å². The van der Waals surface area contributed by atoms with Gasteiger partial charge in [0, 0.05) is 35.0 Å². The molecule has 0 spiro atoms. The van der Waals surface area contributed by atoms with E-state index in [1.165, 1.54) is 24.0 Å². The number of para-hydroxylation sites is 1.